The zero-order valence-corrected chi connectivity index (χ0v) is 16.0. The van der Waals surface area contributed by atoms with Crippen LogP contribution < -0.4 is 11.1 Å². The lowest BCUT2D eigenvalue weighted by Crippen LogP contribution is -2.33. The maximum Gasteiger partial charge on any atom is 0.141 e. The maximum absolute atomic E-state index is 14.8. The summed E-state index contributed by atoms with van der Waals surface area (Å²) >= 11 is 0. The van der Waals surface area contributed by atoms with E-state index in [1.165, 1.54) is 18.5 Å². The van der Waals surface area contributed by atoms with Crippen molar-refractivity contribution in [1.82, 2.24) is 20.3 Å². The van der Waals surface area contributed by atoms with Crippen molar-refractivity contribution in [2.45, 2.75) is 23.1 Å². The highest BCUT2D eigenvalue weighted by Gasteiger charge is 2.24. The van der Waals surface area contributed by atoms with Gasteiger partial charge in [-0.2, -0.15) is 0 Å². The molecule has 28 heavy (non-hydrogen) atoms. The number of rotatable bonds is 4. The molecule has 3 heterocycles. The predicted molar refractivity (Wildman–Crippen MR) is 107 cm³/mol. The van der Waals surface area contributed by atoms with Gasteiger partial charge in [0, 0.05) is 22.6 Å². The molecular formula is C20H20FN5OS. The smallest absolute Gasteiger partial charge is 0.141 e. The first kappa shape index (κ1) is 18.6. The number of nitrogens with zero attached hydrogens (tertiary/aromatic N) is 3. The number of nitrogen functional groups attached to an aromatic ring is 1. The zero-order valence-electron chi connectivity index (χ0n) is 15.1. The highest BCUT2D eigenvalue weighted by Crippen LogP contribution is 2.31. The summed E-state index contributed by atoms with van der Waals surface area (Å²) in [5.41, 5.74) is 7.60. The molecule has 0 bridgehead atoms. The van der Waals surface area contributed by atoms with E-state index in [1.54, 1.807) is 24.4 Å². The number of anilines is 1. The van der Waals surface area contributed by atoms with Crippen LogP contribution in [0, 0.1) is 5.82 Å². The quantitative estimate of drug-likeness (QED) is 0.703. The Morgan fingerprint density at radius 3 is 2.61 bits per heavy atom. The van der Waals surface area contributed by atoms with Crippen molar-refractivity contribution in [2.75, 3.05) is 18.8 Å². The summed E-state index contributed by atoms with van der Waals surface area (Å²) in [6.45, 7) is 1.70. The van der Waals surface area contributed by atoms with Gasteiger partial charge >= 0.3 is 0 Å². The average Bonchev–Trinajstić information content (AvgIpc) is 2.74. The molecule has 0 saturated carbocycles. The fourth-order valence-electron chi connectivity index (χ4n) is 3.31. The minimum atomic E-state index is -1.24. The molecule has 2 aromatic heterocycles. The molecule has 1 fully saturated rings. The van der Waals surface area contributed by atoms with Crippen LogP contribution in [0.2, 0.25) is 0 Å². The van der Waals surface area contributed by atoms with Crippen molar-refractivity contribution in [3.05, 3.63) is 54.7 Å². The van der Waals surface area contributed by atoms with Crippen molar-refractivity contribution >= 4 is 16.6 Å². The molecule has 6 nitrogen and oxygen atoms in total. The van der Waals surface area contributed by atoms with Crippen LogP contribution in [-0.4, -0.2) is 37.5 Å². The molecule has 144 valence electrons. The maximum atomic E-state index is 14.8. The summed E-state index contributed by atoms with van der Waals surface area (Å²) in [4.78, 5) is 12.5. The van der Waals surface area contributed by atoms with Gasteiger partial charge in [-0.05, 0) is 49.7 Å². The van der Waals surface area contributed by atoms with Crippen LogP contribution in [-0.2, 0) is 10.8 Å². The van der Waals surface area contributed by atoms with Gasteiger partial charge in [-0.25, -0.2) is 14.4 Å². The average molecular weight is 397 g/mol. The van der Waals surface area contributed by atoms with E-state index in [2.05, 4.69) is 20.3 Å². The van der Waals surface area contributed by atoms with Crippen molar-refractivity contribution in [3.63, 3.8) is 0 Å². The molecule has 1 saturated heterocycles. The second kappa shape index (κ2) is 8.12. The van der Waals surface area contributed by atoms with Gasteiger partial charge in [-0.1, -0.05) is 12.1 Å². The summed E-state index contributed by atoms with van der Waals surface area (Å²) in [5.74, 6) is -0.153. The molecule has 3 N–H and O–H groups in total. The van der Waals surface area contributed by atoms with E-state index in [-0.39, 0.29) is 11.1 Å². The van der Waals surface area contributed by atoms with E-state index in [9.17, 15) is 8.60 Å². The van der Waals surface area contributed by atoms with Crippen molar-refractivity contribution in [1.29, 1.82) is 0 Å². The number of halogens is 1. The third-order valence-electron chi connectivity index (χ3n) is 4.78. The van der Waals surface area contributed by atoms with Gasteiger partial charge in [-0.15, -0.1) is 0 Å². The monoisotopic (exact) mass is 397 g/mol. The Kier molecular flexibility index (Phi) is 5.40. The van der Waals surface area contributed by atoms with Gasteiger partial charge in [0.1, 0.15) is 16.7 Å². The van der Waals surface area contributed by atoms with E-state index in [4.69, 9.17) is 5.73 Å². The molecule has 8 heteroatoms. The molecule has 0 spiro atoms. The largest absolute Gasteiger partial charge is 0.382 e. The summed E-state index contributed by atoms with van der Waals surface area (Å²) in [5, 5.41) is 3.84. The van der Waals surface area contributed by atoms with Gasteiger partial charge in [0.05, 0.1) is 28.9 Å². The molecule has 1 aromatic carbocycles. The highest BCUT2D eigenvalue weighted by atomic mass is 32.2. The first-order valence-corrected chi connectivity index (χ1v) is 10.3. The van der Waals surface area contributed by atoms with Crippen LogP contribution in [0.3, 0.4) is 0 Å². The van der Waals surface area contributed by atoms with Gasteiger partial charge in [0.25, 0.3) is 0 Å². The molecular weight excluding hydrogens is 377 g/mol. The number of benzene rings is 1. The number of aromatic nitrogens is 3. The summed E-state index contributed by atoms with van der Waals surface area (Å²) in [6, 6.07) is 8.47. The van der Waals surface area contributed by atoms with Crippen molar-refractivity contribution in [2.24, 2.45) is 0 Å². The van der Waals surface area contributed by atoms with Crippen molar-refractivity contribution in [3.8, 4) is 22.4 Å². The third kappa shape index (κ3) is 3.79. The van der Waals surface area contributed by atoms with Crippen LogP contribution in [0.5, 0.6) is 0 Å². The van der Waals surface area contributed by atoms with Crippen molar-refractivity contribution < 1.29 is 8.60 Å². The van der Waals surface area contributed by atoms with Crippen LogP contribution >= 0.6 is 0 Å². The summed E-state index contributed by atoms with van der Waals surface area (Å²) in [6.07, 6.45) is 6.14. The van der Waals surface area contributed by atoms with Gasteiger partial charge in [-0.3, -0.25) is 9.19 Å². The first-order chi connectivity index (χ1) is 13.6. The van der Waals surface area contributed by atoms with Gasteiger partial charge in [0.15, 0.2) is 0 Å². The Morgan fingerprint density at radius 1 is 1.07 bits per heavy atom. The molecule has 1 aliphatic rings. The van der Waals surface area contributed by atoms with E-state index in [0.717, 1.165) is 25.9 Å². The van der Waals surface area contributed by atoms with E-state index in [1.807, 2.05) is 6.07 Å². The minimum Gasteiger partial charge on any atom is -0.382 e. The molecule has 1 unspecified atom stereocenters. The van der Waals surface area contributed by atoms with Crippen LogP contribution in [0.1, 0.15) is 12.8 Å². The van der Waals surface area contributed by atoms with Crippen LogP contribution in [0.15, 0.2) is 53.9 Å². The number of hydrogen-bond donors (Lipinski definition) is 2. The molecule has 0 aliphatic carbocycles. The summed E-state index contributed by atoms with van der Waals surface area (Å²) in [7, 11) is -1.24. The third-order valence-corrected chi connectivity index (χ3v) is 6.56. The number of hydrogen-bond acceptors (Lipinski definition) is 6. The van der Waals surface area contributed by atoms with E-state index >= 15 is 0 Å². The Labute approximate surface area is 164 Å². The Hall–Kier alpha value is -2.71. The van der Waals surface area contributed by atoms with E-state index in [0.29, 0.717) is 27.4 Å². The lowest BCUT2D eigenvalue weighted by atomic mass is 10.0. The molecule has 0 amide bonds. The fraction of sp³-hybridized carbons (Fsp3) is 0.250. The normalized spacial score (nSPS) is 16.0. The zero-order chi connectivity index (χ0) is 19.5. The lowest BCUT2D eigenvalue weighted by molar-refractivity contribution is 0.519. The first-order valence-electron chi connectivity index (χ1n) is 9.07. The Balaban J connectivity index is 1.69. The molecule has 3 aromatic rings. The molecule has 1 aliphatic heterocycles. The van der Waals surface area contributed by atoms with E-state index < -0.39 is 16.6 Å². The Morgan fingerprint density at radius 2 is 1.89 bits per heavy atom. The number of nitrogens with one attached hydrogen (secondary N) is 1. The standard InChI is InChI=1S/C20H20FN5OS/c21-17-10-13(3-4-16(17)18-11-26-19(22)12-25-18)15-2-1-7-24-20(15)28(27)14-5-8-23-9-6-14/h1-4,7,10-12,14,23H,5-6,8-9H2,(H2,22,26). The second-order valence-electron chi connectivity index (χ2n) is 6.62. The minimum absolute atomic E-state index is 0.0593. The van der Waals surface area contributed by atoms with Crippen LogP contribution in [0.25, 0.3) is 22.4 Å². The highest BCUT2D eigenvalue weighted by molar-refractivity contribution is 7.85. The number of nitrogens with two attached hydrogens (primary N) is 1. The summed E-state index contributed by atoms with van der Waals surface area (Å²) < 4.78 is 27.9. The molecule has 0 radical (unpaired) electrons. The lowest BCUT2D eigenvalue weighted by Gasteiger charge is -2.22. The fourth-order valence-corrected chi connectivity index (χ4v) is 4.85. The second-order valence-corrected chi connectivity index (χ2v) is 8.27. The number of piperidine rings is 1. The molecule has 1 atom stereocenters. The topological polar surface area (TPSA) is 93.8 Å². The van der Waals surface area contributed by atoms with Crippen LogP contribution in [0.4, 0.5) is 10.2 Å². The number of pyridine rings is 1. The van der Waals surface area contributed by atoms with Gasteiger partial charge in [0.2, 0.25) is 0 Å². The predicted octanol–water partition coefficient (Wildman–Crippen LogP) is 2.79. The SMILES string of the molecule is Nc1cnc(-c2ccc(-c3cccnc3S(=O)C3CCNCC3)cc2F)cn1. The van der Waals surface area contributed by atoms with Gasteiger partial charge < -0.3 is 11.1 Å². The Bertz CT molecular complexity index is 1010. The molecule has 4 rings (SSSR count).